The van der Waals surface area contributed by atoms with Crippen molar-refractivity contribution in [3.8, 4) is 28.3 Å². The third-order valence-electron chi connectivity index (χ3n) is 7.29. The van der Waals surface area contributed by atoms with Crippen LogP contribution >= 0.6 is 0 Å². The average Bonchev–Trinajstić information content (AvgIpc) is 3.64. The highest BCUT2D eigenvalue weighted by atomic mass is 16.4. The van der Waals surface area contributed by atoms with Crippen LogP contribution in [0.4, 0.5) is 0 Å². The van der Waals surface area contributed by atoms with E-state index in [0.29, 0.717) is 5.56 Å². The van der Waals surface area contributed by atoms with Crippen LogP contribution in [-0.2, 0) is 14.4 Å². The van der Waals surface area contributed by atoms with Gasteiger partial charge in [-0.3, -0.25) is 9.59 Å². The fourth-order valence-electron chi connectivity index (χ4n) is 4.94. The molecule has 0 unspecified atom stereocenters. The third-order valence-corrected chi connectivity index (χ3v) is 7.29. The minimum atomic E-state index is -1.10. The second-order valence-electron chi connectivity index (χ2n) is 11.2. The number of aliphatic carboxylic acids is 1. The predicted molar refractivity (Wildman–Crippen MR) is 148 cm³/mol. The Balaban J connectivity index is 1.58. The molecule has 2 amide bonds. The Morgan fingerprint density at radius 2 is 1.46 bits per heavy atom. The summed E-state index contributed by atoms with van der Waals surface area (Å²) in [7, 11) is 1.52. The first-order chi connectivity index (χ1) is 18.5. The van der Waals surface area contributed by atoms with Gasteiger partial charge in [-0.2, -0.15) is 5.26 Å². The minimum Gasteiger partial charge on any atom is -0.480 e. The molecule has 0 spiro atoms. The standard InChI is InChI=1S/C31H34N4O4/c1-31(2,3)27(29(37)33-4)34-28(36)25(23-13-14-23)26(30(38)39)35-16-15-24(18-35)22-11-9-21(10-12-22)20-7-5-19(17-32)6-8-20/h5-12,15-16,18,23,25-27H,13-14H2,1-4H3,(H,33,37)(H,34,36)(H,38,39)/t25-,26+,27+/m0/s1. The van der Waals surface area contributed by atoms with E-state index >= 15 is 0 Å². The molecule has 8 heteroatoms. The molecule has 4 rings (SSSR count). The molecule has 3 atom stereocenters. The number of carboxylic acids is 1. The second kappa shape index (κ2) is 11.2. The van der Waals surface area contributed by atoms with Crippen LogP contribution in [0.15, 0.2) is 67.0 Å². The molecule has 1 saturated carbocycles. The number of rotatable bonds is 9. The summed E-state index contributed by atoms with van der Waals surface area (Å²) in [5.74, 6) is -2.70. The highest BCUT2D eigenvalue weighted by molar-refractivity contribution is 5.91. The molecule has 0 radical (unpaired) electrons. The van der Waals surface area contributed by atoms with Crippen LogP contribution in [0, 0.1) is 28.6 Å². The van der Waals surface area contributed by atoms with E-state index in [1.807, 2.05) is 63.2 Å². The van der Waals surface area contributed by atoms with Gasteiger partial charge in [0, 0.05) is 19.4 Å². The number of hydrogen-bond donors (Lipinski definition) is 3. The Labute approximate surface area is 228 Å². The van der Waals surface area contributed by atoms with Gasteiger partial charge in [0.1, 0.15) is 12.1 Å². The van der Waals surface area contributed by atoms with E-state index in [0.717, 1.165) is 35.1 Å². The lowest BCUT2D eigenvalue weighted by Crippen LogP contribution is -2.55. The van der Waals surface area contributed by atoms with E-state index in [2.05, 4.69) is 16.7 Å². The molecular formula is C31H34N4O4. The summed E-state index contributed by atoms with van der Waals surface area (Å²) in [5.41, 5.74) is 3.79. The molecule has 1 aromatic heterocycles. The highest BCUT2D eigenvalue weighted by Gasteiger charge is 2.47. The van der Waals surface area contributed by atoms with Crippen molar-refractivity contribution in [3.63, 3.8) is 0 Å². The topological polar surface area (TPSA) is 124 Å². The first kappa shape index (κ1) is 27.6. The Kier molecular flexibility index (Phi) is 7.91. The Morgan fingerprint density at radius 3 is 1.92 bits per heavy atom. The van der Waals surface area contributed by atoms with Crippen LogP contribution in [0.5, 0.6) is 0 Å². The van der Waals surface area contributed by atoms with Crippen LogP contribution in [-0.4, -0.2) is 40.5 Å². The van der Waals surface area contributed by atoms with Crippen LogP contribution in [0.3, 0.4) is 0 Å². The highest BCUT2D eigenvalue weighted by Crippen LogP contribution is 2.43. The van der Waals surface area contributed by atoms with Gasteiger partial charge in [-0.1, -0.05) is 57.2 Å². The van der Waals surface area contributed by atoms with Crippen LogP contribution in [0.1, 0.15) is 45.2 Å². The SMILES string of the molecule is CNC(=O)[C@@H](NC(=O)[C@@H](C1CC1)[C@H](C(=O)O)n1ccc(-c2ccc(-c3ccc(C#N)cc3)cc2)c1)C(C)(C)C. The zero-order valence-electron chi connectivity index (χ0n) is 22.6. The van der Waals surface area contributed by atoms with Gasteiger partial charge in [-0.25, -0.2) is 4.79 Å². The van der Waals surface area contributed by atoms with E-state index in [9.17, 15) is 19.5 Å². The zero-order chi connectivity index (χ0) is 28.3. The van der Waals surface area contributed by atoms with Gasteiger partial charge in [0.25, 0.3) is 0 Å². The van der Waals surface area contributed by atoms with E-state index < -0.39 is 35.3 Å². The Bertz CT molecular complexity index is 1390. The summed E-state index contributed by atoms with van der Waals surface area (Å²) >= 11 is 0. The molecule has 1 aliphatic rings. The summed E-state index contributed by atoms with van der Waals surface area (Å²) in [6, 6.07) is 17.3. The van der Waals surface area contributed by atoms with Crippen molar-refractivity contribution in [2.75, 3.05) is 7.05 Å². The summed E-state index contributed by atoms with van der Waals surface area (Å²) in [4.78, 5) is 38.6. The molecule has 0 aliphatic heterocycles. The lowest BCUT2D eigenvalue weighted by atomic mass is 9.84. The van der Waals surface area contributed by atoms with Gasteiger partial charge in [-0.15, -0.1) is 0 Å². The number of carbonyl (C=O) groups excluding carboxylic acids is 2. The maximum absolute atomic E-state index is 13.5. The van der Waals surface area contributed by atoms with Gasteiger partial charge >= 0.3 is 5.97 Å². The molecule has 0 saturated heterocycles. The molecule has 39 heavy (non-hydrogen) atoms. The lowest BCUT2D eigenvalue weighted by molar-refractivity contribution is -0.147. The predicted octanol–water partition coefficient (Wildman–Crippen LogP) is 4.62. The fraction of sp³-hybridized carbons (Fsp3) is 0.355. The summed E-state index contributed by atoms with van der Waals surface area (Å²) in [6.45, 7) is 5.58. The van der Waals surface area contributed by atoms with Gasteiger partial charge in [0.15, 0.2) is 0 Å². The number of nitrogens with zero attached hydrogens (tertiary/aromatic N) is 2. The van der Waals surface area contributed by atoms with Crippen molar-refractivity contribution in [2.24, 2.45) is 17.3 Å². The van der Waals surface area contributed by atoms with Gasteiger partial charge in [0.05, 0.1) is 17.6 Å². The van der Waals surface area contributed by atoms with Gasteiger partial charge in [-0.05, 0) is 64.6 Å². The summed E-state index contributed by atoms with van der Waals surface area (Å²) < 4.78 is 1.60. The molecule has 8 nitrogen and oxygen atoms in total. The van der Waals surface area contributed by atoms with Crippen LogP contribution < -0.4 is 10.6 Å². The molecular weight excluding hydrogens is 492 g/mol. The van der Waals surface area contributed by atoms with Crippen molar-refractivity contribution in [2.45, 2.75) is 45.7 Å². The zero-order valence-corrected chi connectivity index (χ0v) is 22.6. The molecule has 3 aromatic rings. The van der Waals surface area contributed by atoms with Crippen LogP contribution in [0.2, 0.25) is 0 Å². The average molecular weight is 527 g/mol. The van der Waals surface area contributed by atoms with Crippen molar-refractivity contribution < 1.29 is 19.5 Å². The van der Waals surface area contributed by atoms with Gasteiger partial charge < -0.3 is 20.3 Å². The minimum absolute atomic E-state index is 0.0611. The number of hydrogen-bond acceptors (Lipinski definition) is 4. The van der Waals surface area contributed by atoms with Crippen molar-refractivity contribution in [1.29, 1.82) is 5.26 Å². The lowest BCUT2D eigenvalue weighted by Gasteiger charge is -2.32. The van der Waals surface area contributed by atoms with Crippen molar-refractivity contribution in [1.82, 2.24) is 15.2 Å². The fourth-order valence-corrected chi connectivity index (χ4v) is 4.94. The molecule has 1 fully saturated rings. The maximum atomic E-state index is 13.5. The van der Waals surface area contributed by atoms with E-state index in [1.165, 1.54) is 7.05 Å². The second-order valence-corrected chi connectivity index (χ2v) is 11.2. The normalized spacial score (nSPS) is 15.5. The molecule has 202 valence electrons. The number of nitrogens with one attached hydrogen (secondary N) is 2. The first-order valence-corrected chi connectivity index (χ1v) is 13.1. The van der Waals surface area contributed by atoms with E-state index in [-0.39, 0.29) is 11.8 Å². The molecule has 2 aromatic carbocycles. The molecule has 1 heterocycles. The summed E-state index contributed by atoms with van der Waals surface area (Å²) in [5, 5.41) is 24.7. The maximum Gasteiger partial charge on any atom is 0.327 e. The monoisotopic (exact) mass is 526 g/mol. The number of nitriles is 1. The van der Waals surface area contributed by atoms with Crippen molar-refractivity contribution in [3.05, 3.63) is 72.6 Å². The number of benzene rings is 2. The molecule has 0 bridgehead atoms. The number of aromatic nitrogens is 1. The quantitative estimate of drug-likeness (QED) is 0.375. The smallest absolute Gasteiger partial charge is 0.327 e. The molecule has 3 N–H and O–H groups in total. The summed E-state index contributed by atoms with van der Waals surface area (Å²) in [6.07, 6.45) is 5.00. The van der Waals surface area contributed by atoms with Crippen LogP contribution in [0.25, 0.3) is 22.3 Å². The Morgan fingerprint density at radius 1 is 0.923 bits per heavy atom. The number of amides is 2. The van der Waals surface area contributed by atoms with E-state index in [1.54, 1.807) is 29.1 Å². The van der Waals surface area contributed by atoms with Gasteiger partial charge in [0.2, 0.25) is 11.8 Å². The number of likely N-dealkylation sites (N-methyl/N-ethyl adjacent to an activating group) is 1. The number of carbonyl (C=O) groups is 3. The van der Waals surface area contributed by atoms with Crippen molar-refractivity contribution >= 4 is 17.8 Å². The number of carboxylic acid groups (broad SMARTS) is 1. The van der Waals surface area contributed by atoms with E-state index in [4.69, 9.17) is 5.26 Å². The largest absolute Gasteiger partial charge is 0.480 e. The molecule has 1 aliphatic carbocycles. The Hall–Kier alpha value is -4.38. The first-order valence-electron chi connectivity index (χ1n) is 13.1. The third kappa shape index (κ3) is 6.20.